The van der Waals surface area contributed by atoms with E-state index >= 15 is 0 Å². The SMILES string of the molecule is CCOc1ccc(C2C(C(=O)Nc3ccccc3)=C(C)N=c3s/c(=C\c4cc(Cl)ccc4OCc4ccc(F)cc4)c(=O)n32)cc1. The van der Waals surface area contributed by atoms with Gasteiger partial charge in [0.15, 0.2) is 4.80 Å². The Hall–Kier alpha value is -4.99. The molecule has 7 nitrogen and oxygen atoms in total. The van der Waals surface area contributed by atoms with Crippen LogP contribution in [0.25, 0.3) is 6.08 Å². The Morgan fingerprint density at radius 1 is 1.02 bits per heavy atom. The largest absolute Gasteiger partial charge is 0.494 e. The first-order valence-electron chi connectivity index (χ1n) is 14.6. The van der Waals surface area contributed by atoms with Crippen LogP contribution in [0.3, 0.4) is 0 Å². The monoisotopic (exact) mass is 653 g/mol. The molecule has 1 unspecified atom stereocenters. The third-order valence-corrected chi connectivity index (χ3v) is 8.59. The molecule has 0 bridgehead atoms. The predicted molar refractivity (Wildman–Crippen MR) is 179 cm³/mol. The van der Waals surface area contributed by atoms with Crippen molar-refractivity contribution < 1.29 is 18.7 Å². The van der Waals surface area contributed by atoms with Crippen LogP contribution in [-0.4, -0.2) is 17.1 Å². The molecule has 0 fully saturated rings. The van der Waals surface area contributed by atoms with Crippen molar-refractivity contribution in [2.75, 3.05) is 11.9 Å². The molecule has 0 radical (unpaired) electrons. The minimum Gasteiger partial charge on any atom is -0.494 e. The fraction of sp³-hybridized carbons (Fsp3) is 0.139. The lowest BCUT2D eigenvalue weighted by atomic mass is 9.95. The molecule has 1 N–H and O–H groups in total. The number of carbonyl (C=O) groups is 1. The summed E-state index contributed by atoms with van der Waals surface area (Å²) < 4.78 is 27.0. The Morgan fingerprint density at radius 2 is 1.76 bits per heavy atom. The first-order valence-corrected chi connectivity index (χ1v) is 15.8. The van der Waals surface area contributed by atoms with E-state index in [0.29, 0.717) is 55.0 Å². The van der Waals surface area contributed by atoms with Gasteiger partial charge in [0.25, 0.3) is 11.5 Å². The number of benzene rings is 4. The summed E-state index contributed by atoms with van der Waals surface area (Å²) in [7, 11) is 0. The summed E-state index contributed by atoms with van der Waals surface area (Å²) in [6.45, 7) is 4.39. The van der Waals surface area contributed by atoms with E-state index in [1.165, 1.54) is 23.5 Å². The summed E-state index contributed by atoms with van der Waals surface area (Å²) in [6.07, 6.45) is 1.72. The molecule has 0 aliphatic carbocycles. The average molecular weight is 654 g/mol. The van der Waals surface area contributed by atoms with Gasteiger partial charge in [-0.25, -0.2) is 9.38 Å². The molecule has 0 saturated heterocycles. The zero-order valence-corrected chi connectivity index (χ0v) is 26.6. The van der Waals surface area contributed by atoms with Gasteiger partial charge in [0.05, 0.1) is 28.5 Å². The normalized spacial score (nSPS) is 14.4. The lowest BCUT2D eigenvalue weighted by Gasteiger charge is -2.25. The van der Waals surface area contributed by atoms with Gasteiger partial charge in [-0.15, -0.1) is 0 Å². The van der Waals surface area contributed by atoms with Crippen molar-refractivity contribution in [2.45, 2.75) is 26.5 Å². The van der Waals surface area contributed by atoms with Crippen LogP contribution in [0.4, 0.5) is 10.1 Å². The van der Waals surface area contributed by atoms with Crippen molar-refractivity contribution in [3.63, 3.8) is 0 Å². The van der Waals surface area contributed by atoms with Crippen LogP contribution in [-0.2, 0) is 11.4 Å². The summed E-state index contributed by atoms with van der Waals surface area (Å²) in [5.41, 5.74) is 3.29. The van der Waals surface area contributed by atoms with Crippen LogP contribution in [0.1, 0.15) is 36.6 Å². The predicted octanol–water partition coefficient (Wildman–Crippen LogP) is 6.64. The molecule has 6 rings (SSSR count). The first kappa shape index (κ1) is 31.0. The summed E-state index contributed by atoms with van der Waals surface area (Å²) in [6, 6.07) is 27.0. The van der Waals surface area contributed by atoms with E-state index in [9.17, 15) is 14.0 Å². The molecule has 0 spiro atoms. The van der Waals surface area contributed by atoms with E-state index < -0.39 is 6.04 Å². The third-order valence-electron chi connectivity index (χ3n) is 7.37. The number of fused-ring (bicyclic) bond motifs is 1. The molecule has 10 heteroatoms. The Bertz CT molecular complexity index is 2110. The molecule has 46 heavy (non-hydrogen) atoms. The van der Waals surface area contributed by atoms with Crippen LogP contribution in [0.2, 0.25) is 5.02 Å². The van der Waals surface area contributed by atoms with Gasteiger partial charge in [0, 0.05) is 16.3 Å². The standard InChI is InChI=1S/C36H29ClFN3O4S/c1-3-44-29-16-11-24(12-17-29)33-32(34(42)40-28-7-5-4-6-8-28)22(2)39-36-41(33)35(43)31(46-36)20-25-19-26(37)13-18-30(25)45-21-23-9-14-27(38)15-10-23/h4-20,33H,3,21H2,1-2H3,(H,40,42)/b31-20-. The smallest absolute Gasteiger partial charge is 0.271 e. The number of allylic oxidation sites excluding steroid dienone is 1. The molecule has 1 aliphatic heterocycles. The van der Waals surface area contributed by atoms with Crippen molar-refractivity contribution >= 4 is 40.6 Å². The molecular formula is C36H29ClFN3O4S. The van der Waals surface area contributed by atoms with Gasteiger partial charge in [-0.05, 0) is 85.6 Å². The number of nitrogens with zero attached hydrogens (tertiary/aromatic N) is 2. The minimum atomic E-state index is -0.744. The van der Waals surface area contributed by atoms with E-state index in [4.69, 9.17) is 26.1 Å². The number of nitrogens with one attached hydrogen (secondary N) is 1. The van der Waals surface area contributed by atoms with Gasteiger partial charge in [-0.2, -0.15) is 0 Å². The van der Waals surface area contributed by atoms with E-state index in [2.05, 4.69) is 5.32 Å². The number of ether oxygens (including phenoxy) is 2. The van der Waals surface area contributed by atoms with E-state index in [1.54, 1.807) is 60.0 Å². The van der Waals surface area contributed by atoms with Gasteiger partial charge in [-0.1, -0.05) is 65.4 Å². The van der Waals surface area contributed by atoms with E-state index in [0.717, 1.165) is 11.1 Å². The number of hydrogen-bond donors (Lipinski definition) is 1. The molecule has 1 aliphatic rings. The van der Waals surface area contributed by atoms with Crippen molar-refractivity contribution in [2.24, 2.45) is 4.99 Å². The zero-order valence-electron chi connectivity index (χ0n) is 25.0. The van der Waals surface area contributed by atoms with E-state index in [-0.39, 0.29) is 23.9 Å². The van der Waals surface area contributed by atoms with Crippen LogP contribution in [0, 0.1) is 5.82 Å². The number of thiazole rings is 1. The summed E-state index contributed by atoms with van der Waals surface area (Å²) >= 11 is 7.58. The summed E-state index contributed by atoms with van der Waals surface area (Å²) in [5, 5.41) is 3.43. The maximum atomic E-state index is 14.2. The van der Waals surface area contributed by atoms with Crippen molar-refractivity contribution in [3.05, 3.63) is 156 Å². The number of amides is 1. The maximum Gasteiger partial charge on any atom is 0.271 e. The van der Waals surface area contributed by atoms with Crippen LogP contribution in [0.5, 0.6) is 11.5 Å². The molecule has 232 valence electrons. The van der Waals surface area contributed by atoms with Gasteiger partial charge in [0.2, 0.25) is 0 Å². The number of rotatable bonds is 9. The molecule has 1 aromatic heterocycles. The number of carbonyl (C=O) groups excluding carboxylic acids is 1. The Labute approximate surface area is 273 Å². The van der Waals surface area contributed by atoms with Crippen molar-refractivity contribution in [1.29, 1.82) is 0 Å². The quantitative estimate of drug-likeness (QED) is 0.193. The fourth-order valence-electron chi connectivity index (χ4n) is 5.21. The average Bonchev–Trinajstić information content (AvgIpc) is 3.35. The Morgan fingerprint density at radius 3 is 2.48 bits per heavy atom. The van der Waals surface area contributed by atoms with Gasteiger partial charge < -0.3 is 14.8 Å². The highest BCUT2D eigenvalue weighted by Crippen LogP contribution is 2.32. The maximum absolute atomic E-state index is 14.2. The number of para-hydroxylation sites is 1. The molecule has 1 amide bonds. The lowest BCUT2D eigenvalue weighted by Crippen LogP contribution is -2.40. The topological polar surface area (TPSA) is 81.9 Å². The molecular weight excluding hydrogens is 625 g/mol. The molecule has 2 heterocycles. The van der Waals surface area contributed by atoms with Crippen molar-refractivity contribution in [3.8, 4) is 11.5 Å². The molecule has 0 saturated carbocycles. The van der Waals surface area contributed by atoms with Crippen LogP contribution in [0.15, 0.2) is 118 Å². The Balaban J connectivity index is 1.43. The van der Waals surface area contributed by atoms with Gasteiger partial charge in [0.1, 0.15) is 23.9 Å². The second-order valence-corrected chi connectivity index (χ2v) is 11.9. The highest BCUT2D eigenvalue weighted by molar-refractivity contribution is 7.07. The Kier molecular flexibility index (Phi) is 9.14. The zero-order chi connectivity index (χ0) is 32.2. The molecule has 5 aromatic rings. The number of aromatic nitrogens is 1. The van der Waals surface area contributed by atoms with Crippen molar-refractivity contribution in [1.82, 2.24) is 4.57 Å². The molecule has 1 atom stereocenters. The second-order valence-electron chi connectivity index (χ2n) is 10.5. The van der Waals surface area contributed by atoms with Gasteiger partial charge in [-0.3, -0.25) is 14.2 Å². The number of anilines is 1. The summed E-state index contributed by atoms with van der Waals surface area (Å²) in [5.74, 6) is 0.503. The van der Waals surface area contributed by atoms with Crippen LogP contribution >= 0.6 is 22.9 Å². The van der Waals surface area contributed by atoms with Crippen LogP contribution < -0.4 is 29.7 Å². The molecule has 4 aromatic carbocycles. The summed E-state index contributed by atoms with van der Waals surface area (Å²) in [4.78, 5) is 33.2. The van der Waals surface area contributed by atoms with Gasteiger partial charge >= 0.3 is 0 Å². The lowest BCUT2D eigenvalue weighted by molar-refractivity contribution is -0.113. The number of halogens is 2. The highest BCUT2D eigenvalue weighted by atomic mass is 35.5. The third kappa shape index (κ3) is 6.66. The minimum absolute atomic E-state index is 0.195. The fourth-order valence-corrected chi connectivity index (χ4v) is 6.42. The first-order chi connectivity index (χ1) is 22.3. The second kappa shape index (κ2) is 13.6. The van der Waals surface area contributed by atoms with E-state index in [1.807, 2.05) is 49.4 Å². The highest BCUT2D eigenvalue weighted by Gasteiger charge is 2.32. The number of hydrogen-bond acceptors (Lipinski definition) is 6.